The number of rotatable bonds is 2. The Balaban J connectivity index is 3.30. The van der Waals surface area contributed by atoms with Crippen molar-refractivity contribution in [1.29, 1.82) is 5.26 Å². The van der Waals surface area contributed by atoms with Crippen LogP contribution in [0.2, 0.25) is 0 Å². The number of benzene rings is 1. The van der Waals surface area contributed by atoms with E-state index >= 15 is 0 Å². The second-order valence-corrected chi connectivity index (χ2v) is 2.73. The highest BCUT2D eigenvalue weighted by Gasteiger charge is 2.13. The molecule has 0 aromatic heterocycles. The molecule has 70 valence electrons. The standard InChI is InChI=1S/C10H8N2O2/c1-8-4-2-5-9(6-3-7-11)10(8)12(13)14/h2-6H,1H3. The van der Waals surface area contributed by atoms with Gasteiger partial charge in [0, 0.05) is 11.6 Å². The summed E-state index contributed by atoms with van der Waals surface area (Å²) in [6.45, 7) is 1.67. The van der Waals surface area contributed by atoms with Crippen molar-refractivity contribution in [3.05, 3.63) is 45.5 Å². The first-order valence-corrected chi connectivity index (χ1v) is 3.97. The number of nitriles is 1. The van der Waals surface area contributed by atoms with Gasteiger partial charge in [0.25, 0.3) is 5.69 Å². The Morgan fingerprint density at radius 2 is 2.29 bits per heavy atom. The third-order valence-corrected chi connectivity index (χ3v) is 1.79. The maximum atomic E-state index is 10.7. The second-order valence-electron chi connectivity index (χ2n) is 2.73. The quantitative estimate of drug-likeness (QED) is 0.406. The fourth-order valence-corrected chi connectivity index (χ4v) is 1.19. The van der Waals surface area contributed by atoms with E-state index in [2.05, 4.69) is 0 Å². The zero-order valence-electron chi connectivity index (χ0n) is 7.60. The SMILES string of the molecule is Cc1cccc(C=CC#N)c1[N+](=O)[O-]. The number of para-hydroxylation sites is 1. The maximum absolute atomic E-state index is 10.7. The smallest absolute Gasteiger partial charge is 0.258 e. The fourth-order valence-electron chi connectivity index (χ4n) is 1.19. The summed E-state index contributed by atoms with van der Waals surface area (Å²) in [6.07, 6.45) is 2.66. The van der Waals surface area contributed by atoms with E-state index in [-0.39, 0.29) is 5.69 Å². The van der Waals surface area contributed by atoms with Gasteiger partial charge in [-0.15, -0.1) is 0 Å². The van der Waals surface area contributed by atoms with Crippen molar-refractivity contribution < 1.29 is 4.92 Å². The van der Waals surface area contributed by atoms with Crippen molar-refractivity contribution in [2.75, 3.05) is 0 Å². The van der Waals surface area contributed by atoms with Crippen LogP contribution >= 0.6 is 0 Å². The Labute approximate surface area is 81.2 Å². The molecule has 0 atom stereocenters. The molecule has 0 amide bonds. The van der Waals surface area contributed by atoms with Crippen LogP contribution in [0.4, 0.5) is 5.69 Å². The molecule has 0 spiro atoms. The molecule has 4 heteroatoms. The molecule has 1 aromatic carbocycles. The molecule has 0 aliphatic rings. The summed E-state index contributed by atoms with van der Waals surface area (Å²) in [5.41, 5.74) is 1.10. The van der Waals surface area contributed by atoms with Crippen LogP contribution in [0.1, 0.15) is 11.1 Å². The largest absolute Gasteiger partial charge is 0.279 e. The van der Waals surface area contributed by atoms with Gasteiger partial charge in [-0.3, -0.25) is 10.1 Å². The van der Waals surface area contributed by atoms with Gasteiger partial charge in [0.1, 0.15) is 0 Å². The molecular formula is C10H8N2O2. The zero-order valence-corrected chi connectivity index (χ0v) is 7.60. The predicted octanol–water partition coefficient (Wildman–Crippen LogP) is 2.44. The summed E-state index contributed by atoms with van der Waals surface area (Å²) >= 11 is 0. The molecule has 1 aromatic rings. The van der Waals surface area contributed by atoms with E-state index in [0.717, 1.165) is 0 Å². The Morgan fingerprint density at radius 3 is 2.86 bits per heavy atom. The van der Waals surface area contributed by atoms with Gasteiger partial charge >= 0.3 is 0 Å². The summed E-state index contributed by atoms with van der Waals surface area (Å²) in [4.78, 5) is 10.3. The van der Waals surface area contributed by atoms with Gasteiger partial charge in [-0.1, -0.05) is 12.1 Å². The number of nitro groups is 1. The van der Waals surface area contributed by atoms with Gasteiger partial charge in [0.2, 0.25) is 0 Å². The lowest BCUT2D eigenvalue weighted by atomic mass is 10.1. The Hall–Kier alpha value is -2.15. The fraction of sp³-hybridized carbons (Fsp3) is 0.100. The molecule has 0 saturated carbocycles. The average molecular weight is 188 g/mol. The van der Waals surface area contributed by atoms with E-state index in [1.165, 1.54) is 12.2 Å². The summed E-state index contributed by atoms with van der Waals surface area (Å²) in [7, 11) is 0. The molecule has 0 N–H and O–H groups in total. The Morgan fingerprint density at radius 1 is 1.57 bits per heavy atom. The lowest BCUT2D eigenvalue weighted by Crippen LogP contribution is -1.94. The first-order chi connectivity index (χ1) is 6.66. The molecule has 0 aliphatic carbocycles. The summed E-state index contributed by atoms with van der Waals surface area (Å²) < 4.78 is 0. The second kappa shape index (κ2) is 4.19. The van der Waals surface area contributed by atoms with E-state index < -0.39 is 4.92 Å². The maximum Gasteiger partial charge on any atom is 0.279 e. The third kappa shape index (κ3) is 1.96. The van der Waals surface area contributed by atoms with Crippen molar-refractivity contribution in [3.63, 3.8) is 0 Å². The van der Waals surface area contributed by atoms with Crippen molar-refractivity contribution >= 4 is 11.8 Å². The van der Waals surface area contributed by atoms with Gasteiger partial charge in [-0.2, -0.15) is 5.26 Å². The van der Waals surface area contributed by atoms with E-state index in [1.54, 1.807) is 31.2 Å². The lowest BCUT2D eigenvalue weighted by molar-refractivity contribution is -0.385. The predicted molar refractivity (Wildman–Crippen MR) is 52.5 cm³/mol. The number of hydrogen-bond acceptors (Lipinski definition) is 3. The molecule has 1 rings (SSSR count). The summed E-state index contributed by atoms with van der Waals surface area (Å²) in [6, 6.07) is 6.80. The average Bonchev–Trinajstić information content (AvgIpc) is 2.14. The first-order valence-electron chi connectivity index (χ1n) is 3.97. The zero-order chi connectivity index (χ0) is 10.6. The molecular weight excluding hydrogens is 180 g/mol. The normalized spacial score (nSPS) is 10.0. The molecule has 0 aliphatic heterocycles. The van der Waals surface area contributed by atoms with Gasteiger partial charge in [0.15, 0.2) is 0 Å². The first kappa shape index (κ1) is 9.93. The molecule has 0 saturated heterocycles. The van der Waals surface area contributed by atoms with E-state index in [4.69, 9.17) is 5.26 Å². The number of allylic oxidation sites excluding steroid dienone is 1. The van der Waals surface area contributed by atoms with Crippen LogP contribution < -0.4 is 0 Å². The van der Waals surface area contributed by atoms with Crippen LogP contribution in [0.25, 0.3) is 6.08 Å². The van der Waals surface area contributed by atoms with Crippen LogP contribution in [-0.4, -0.2) is 4.92 Å². The minimum absolute atomic E-state index is 0.0546. The van der Waals surface area contributed by atoms with E-state index in [1.807, 2.05) is 0 Å². The van der Waals surface area contributed by atoms with Gasteiger partial charge in [-0.25, -0.2) is 0 Å². The van der Waals surface area contributed by atoms with Crippen molar-refractivity contribution in [1.82, 2.24) is 0 Å². The highest BCUT2D eigenvalue weighted by Crippen LogP contribution is 2.23. The third-order valence-electron chi connectivity index (χ3n) is 1.79. The van der Waals surface area contributed by atoms with Gasteiger partial charge in [-0.05, 0) is 19.1 Å². The van der Waals surface area contributed by atoms with Gasteiger partial charge < -0.3 is 0 Å². The van der Waals surface area contributed by atoms with E-state index in [0.29, 0.717) is 11.1 Å². The van der Waals surface area contributed by atoms with Crippen molar-refractivity contribution in [2.24, 2.45) is 0 Å². The van der Waals surface area contributed by atoms with Crippen LogP contribution in [0.5, 0.6) is 0 Å². The molecule has 0 bridgehead atoms. The molecule has 4 nitrogen and oxygen atoms in total. The molecule has 0 radical (unpaired) electrons. The number of nitro benzene ring substituents is 1. The highest BCUT2D eigenvalue weighted by atomic mass is 16.6. The van der Waals surface area contributed by atoms with Crippen molar-refractivity contribution in [2.45, 2.75) is 6.92 Å². The van der Waals surface area contributed by atoms with Gasteiger partial charge in [0.05, 0.1) is 16.6 Å². The minimum Gasteiger partial charge on any atom is -0.258 e. The van der Waals surface area contributed by atoms with Crippen molar-refractivity contribution in [3.8, 4) is 6.07 Å². The number of aryl methyl sites for hydroxylation is 1. The van der Waals surface area contributed by atoms with Crippen LogP contribution in [-0.2, 0) is 0 Å². The Kier molecular flexibility index (Phi) is 2.97. The van der Waals surface area contributed by atoms with E-state index in [9.17, 15) is 10.1 Å². The number of hydrogen-bond donors (Lipinski definition) is 0. The Bertz CT molecular complexity index is 430. The highest BCUT2D eigenvalue weighted by molar-refractivity contribution is 5.64. The molecule has 0 unspecified atom stereocenters. The molecule has 0 heterocycles. The van der Waals surface area contributed by atoms with Crippen LogP contribution in [0.3, 0.4) is 0 Å². The topological polar surface area (TPSA) is 66.9 Å². The number of nitrogens with zero attached hydrogens (tertiary/aromatic N) is 2. The molecule has 14 heavy (non-hydrogen) atoms. The summed E-state index contributed by atoms with van der Waals surface area (Å²) in [5.74, 6) is 0. The summed E-state index contributed by atoms with van der Waals surface area (Å²) in [5, 5.41) is 19.0. The monoisotopic (exact) mass is 188 g/mol. The minimum atomic E-state index is -0.438. The van der Waals surface area contributed by atoms with Crippen LogP contribution in [0, 0.1) is 28.4 Å². The molecule has 0 fully saturated rings. The lowest BCUT2D eigenvalue weighted by Gasteiger charge is -1.99. The van der Waals surface area contributed by atoms with Crippen LogP contribution in [0.15, 0.2) is 24.3 Å².